The summed E-state index contributed by atoms with van der Waals surface area (Å²) in [6.07, 6.45) is 0. The summed E-state index contributed by atoms with van der Waals surface area (Å²) in [7, 11) is 0. The van der Waals surface area contributed by atoms with E-state index in [-0.39, 0.29) is 11.6 Å². The molecular formula is C10H12N2O4. The minimum atomic E-state index is -1.30. The van der Waals surface area contributed by atoms with Gasteiger partial charge in [0, 0.05) is 17.8 Å². The molecule has 0 unspecified atom stereocenters. The number of carboxylic acids is 1. The molecule has 6 heteroatoms. The molecule has 1 aromatic rings. The lowest BCUT2D eigenvalue weighted by Crippen LogP contribution is -2.10. The van der Waals surface area contributed by atoms with Gasteiger partial charge in [0.1, 0.15) is 5.56 Å². The molecule has 0 amide bonds. The van der Waals surface area contributed by atoms with Crippen molar-refractivity contribution >= 4 is 17.3 Å². The van der Waals surface area contributed by atoms with Gasteiger partial charge in [-0.3, -0.25) is 10.1 Å². The predicted molar refractivity (Wildman–Crippen MR) is 58.8 cm³/mol. The van der Waals surface area contributed by atoms with E-state index in [1.165, 1.54) is 18.2 Å². The van der Waals surface area contributed by atoms with Gasteiger partial charge in [0.15, 0.2) is 0 Å². The van der Waals surface area contributed by atoms with Gasteiger partial charge < -0.3 is 10.4 Å². The van der Waals surface area contributed by atoms with Gasteiger partial charge in [0.2, 0.25) is 0 Å². The number of hydrogen-bond donors (Lipinski definition) is 2. The maximum atomic E-state index is 10.7. The summed E-state index contributed by atoms with van der Waals surface area (Å²) in [5.74, 6) is -1.30. The highest BCUT2D eigenvalue weighted by molar-refractivity contribution is 5.93. The van der Waals surface area contributed by atoms with Crippen LogP contribution in [0.25, 0.3) is 0 Å². The Hall–Kier alpha value is -2.11. The van der Waals surface area contributed by atoms with E-state index in [0.29, 0.717) is 5.69 Å². The van der Waals surface area contributed by atoms with Gasteiger partial charge in [-0.1, -0.05) is 0 Å². The second-order valence-corrected chi connectivity index (χ2v) is 3.59. The number of hydrogen-bond acceptors (Lipinski definition) is 4. The number of nitrogens with zero attached hydrogens (tertiary/aromatic N) is 1. The number of carboxylic acid groups (broad SMARTS) is 1. The van der Waals surface area contributed by atoms with Crippen LogP contribution in [-0.4, -0.2) is 22.0 Å². The Bertz CT molecular complexity index is 429. The van der Waals surface area contributed by atoms with Gasteiger partial charge in [-0.2, -0.15) is 0 Å². The standard InChI is InChI=1S/C10H12N2O4/c1-6(2)11-7-3-4-8(10(13)14)9(5-7)12(15)16/h3-6,11H,1-2H3,(H,13,14). The predicted octanol–water partition coefficient (Wildman–Crippen LogP) is 2.11. The summed E-state index contributed by atoms with van der Waals surface area (Å²) < 4.78 is 0. The van der Waals surface area contributed by atoms with Crippen molar-refractivity contribution in [1.82, 2.24) is 0 Å². The molecule has 2 N–H and O–H groups in total. The normalized spacial score (nSPS) is 10.2. The third kappa shape index (κ3) is 2.69. The van der Waals surface area contributed by atoms with E-state index in [0.717, 1.165) is 0 Å². The Kier molecular flexibility index (Phi) is 3.44. The van der Waals surface area contributed by atoms with Crippen molar-refractivity contribution in [1.29, 1.82) is 0 Å². The summed E-state index contributed by atoms with van der Waals surface area (Å²) in [6.45, 7) is 3.77. The number of rotatable bonds is 4. The molecule has 0 atom stereocenters. The van der Waals surface area contributed by atoms with E-state index in [1.54, 1.807) is 0 Å². The molecule has 0 spiro atoms. The fourth-order valence-electron chi connectivity index (χ4n) is 1.29. The zero-order valence-corrected chi connectivity index (χ0v) is 8.93. The lowest BCUT2D eigenvalue weighted by Gasteiger charge is -2.09. The fraction of sp³-hybridized carbons (Fsp3) is 0.300. The largest absolute Gasteiger partial charge is 0.477 e. The molecule has 1 rings (SSSR count). The van der Waals surface area contributed by atoms with E-state index in [2.05, 4.69) is 5.32 Å². The van der Waals surface area contributed by atoms with Crippen molar-refractivity contribution < 1.29 is 14.8 Å². The summed E-state index contributed by atoms with van der Waals surface area (Å²) in [5.41, 5.74) is -0.177. The number of anilines is 1. The highest BCUT2D eigenvalue weighted by Crippen LogP contribution is 2.23. The molecule has 1 aromatic carbocycles. The zero-order valence-electron chi connectivity index (χ0n) is 8.93. The summed E-state index contributed by atoms with van der Waals surface area (Å²) in [4.78, 5) is 20.7. The van der Waals surface area contributed by atoms with Crippen LogP contribution in [0, 0.1) is 10.1 Å². The van der Waals surface area contributed by atoms with Crippen molar-refractivity contribution in [2.24, 2.45) is 0 Å². The molecule has 0 aliphatic carbocycles. The maximum absolute atomic E-state index is 10.7. The van der Waals surface area contributed by atoms with Crippen LogP contribution in [0.2, 0.25) is 0 Å². The van der Waals surface area contributed by atoms with Crippen LogP contribution in [0.4, 0.5) is 11.4 Å². The molecule has 0 aliphatic heterocycles. The first kappa shape index (κ1) is 12.0. The second-order valence-electron chi connectivity index (χ2n) is 3.59. The summed E-state index contributed by atoms with van der Waals surface area (Å²) in [5, 5.41) is 22.4. The van der Waals surface area contributed by atoms with Gasteiger partial charge in [-0.25, -0.2) is 4.79 Å². The molecule has 0 fully saturated rings. The topological polar surface area (TPSA) is 92.5 Å². The molecule has 0 saturated heterocycles. The van der Waals surface area contributed by atoms with Gasteiger partial charge in [-0.15, -0.1) is 0 Å². The number of carbonyl (C=O) groups is 1. The van der Waals surface area contributed by atoms with E-state index in [9.17, 15) is 14.9 Å². The molecule has 0 aromatic heterocycles. The Balaban J connectivity index is 3.17. The number of nitro groups is 1. The van der Waals surface area contributed by atoms with Gasteiger partial charge in [0.05, 0.1) is 4.92 Å². The van der Waals surface area contributed by atoms with E-state index in [4.69, 9.17) is 5.11 Å². The van der Waals surface area contributed by atoms with Crippen molar-refractivity contribution in [2.45, 2.75) is 19.9 Å². The smallest absolute Gasteiger partial charge is 0.342 e. The quantitative estimate of drug-likeness (QED) is 0.603. The average Bonchev–Trinajstić information content (AvgIpc) is 2.16. The van der Waals surface area contributed by atoms with Crippen molar-refractivity contribution in [3.63, 3.8) is 0 Å². The average molecular weight is 224 g/mol. The highest BCUT2D eigenvalue weighted by Gasteiger charge is 2.19. The third-order valence-electron chi connectivity index (χ3n) is 1.88. The molecule has 0 heterocycles. The number of benzene rings is 1. The number of aromatic carboxylic acids is 1. The molecule has 0 aliphatic rings. The van der Waals surface area contributed by atoms with Gasteiger partial charge in [0.25, 0.3) is 5.69 Å². The molecule has 0 bridgehead atoms. The lowest BCUT2D eigenvalue weighted by atomic mass is 10.1. The molecule has 0 saturated carbocycles. The number of nitrogens with one attached hydrogen (secondary N) is 1. The highest BCUT2D eigenvalue weighted by atomic mass is 16.6. The molecule has 0 radical (unpaired) electrons. The van der Waals surface area contributed by atoms with Crippen LogP contribution in [0.3, 0.4) is 0 Å². The second kappa shape index (κ2) is 4.61. The Morgan fingerprint density at radius 2 is 2.12 bits per heavy atom. The van der Waals surface area contributed by atoms with Crippen LogP contribution >= 0.6 is 0 Å². The Labute approximate surface area is 92.0 Å². The first-order valence-electron chi connectivity index (χ1n) is 4.70. The van der Waals surface area contributed by atoms with Crippen molar-refractivity contribution in [2.75, 3.05) is 5.32 Å². The summed E-state index contributed by atoms with van der Waals surface area (Å²) in [6, 6.07) is 4.08. The van der Waals surface area contributed by atoms with Crippen LogP contribution < -0.4 is 5.32 Å². The van der Waals surface area contributed by atoms with E-state index >= 15 is 0 Å². The summed E-state index contributed by atoms with van der Waals surface area (Å²) >= 11 is 0. The zero-order chi connectivity index (χ0) is 12.3. The Morgan fingerprint density at radius 3 is 2.56 bits per heavy atom. The lowest BCUT2D eigenvalue weighted by molar-refractivity contribution is -0.385. The first-order chi connectivity index (χ1) is 7.41. The van der Waals surface area contributed by atoms with E-state index in [1.807, 2.05) is 13.8 Å². The number of nitro benzene ring substituents is 1. The monoisotopic (exact) mass is 224 g/mol. The van der Waals surface area contributed by atoms with Gasteiger partial charge >= 0.3 is 5.97 Å². The first-order valence-corrected chi connectivity index (χ1v) is 4.70. The minimum absolute atomic E-state index is 0.121. The van der Waals surface area contributed by atoms with Crippen molar-refractivity contribution in [3.05, 3.63) is 33.9 Å². The van der Waals surface area contributed by atoms with Crippen LogP contribution in [0.1, 0.15) is 24.2 Å². The fourth-order valence-corrected chi connectivity index (χ4v) is 1.29. The van der Waals surface area contributed by atoms with Crippen molar-refractivity contribution in [3.8, 4) is 0 Å². The molecule has 86 valence electrons. The van der Waals surface area contributed by atoms with Crippen LogP contribution in [0.5, 0.6) is 0 Å². The minimum Gasteiger partial charge on any atom is -0.477 e. The molecule has 16 heavy (non-hydrogen) atoms. The maximum Gasteiger partial charge on any atom is 0.342 e. The van der Waals surface area contributed by atoms with Crippen LogP contribution in [0.15, 0.2) is 18.2 Å². The Morgan fingerprint density at radius 1 is 1.50 bits per heavy atom. The third-order valence-corrected chi connectivity index (χ3v) is 1.88. The SMILES string of the molecule is CC(C)Nc1ccc(C(=O)O)c([N+](=O)[O-])c1. The molecular weight excluding hydrogens is 212 g/mol. The molecule has 6 nitrogen and oxygen atoms in total. The van der Waals surface area contributed by atoms with Crippen LogP contribution in [-0.2, 0) is 0 Å². The van der Waals surface area contributed by atoms with Gasteiger partial charge in [-0.05, 0) is 26.0 Å². The van der Waals surface area contributed by atoms with E-state index < -0.39 is 16.6 Å².